The lowest BCUT2D eigenvalue weighted by Crippen LogP contribution is -2.33. The van der Waals surface area contributed by atoms with Crippen molar-refractivity contribution in [3.8, 4) is 0 Å². The highest BCUT2D eigenvalue weighted by Crippen LogP contribution is 2.30. The summed E-state index contributed by atoms with van der Waals surface area (Å²) in [7, 11) is 0. The Morgan fingerprint density at radius 1 is 1.36 bits per heavy atom. The summed E-state index contributed by atoms with van der Waals surface area (Å²) in [6, 6.07) is 8.07. The number of hydrogen-bond acceptors (Lipinski definition) is 3. The van der Waals surface area contributed by atoms with Crippen LogP contribution >= 0.6 is 11.8 Å². The van der Waals surface area contributed by atoms with Gasteiger partial charge in [0.25, 0.3) is 5.91 Å². The Bertz CT molecular complexity index is 554. The second kappa shape index (κ2) is 7.73. The minimum atomic E-state index is -0.413. The largest absolute Gasteiger partial charge is 0.484 e. The van der Waals surface area contributed by atoms with E-state index < -0.39 is 6.10 Å². The topological polar surface area (TPSA) is 38.3 Å². The SMILES string of the molecule is CC1=CSCC(C(=O)Nc2ccccc2C(C)CC(C)C)O1. The van der Waals surface area contributed by atoms with E-state index in [2.05, 4.69) is 32.2 Å². The maximum atomic E-state index is 12.4. The molecule has 0 spiro atoms. The molecule has 0 aliphatic carbocycles. The number of allylic oxidation sites excluding steroid dienone is 1. The minimum Gasteiger partial charge on any atom is -0.484 e. The number of carbonyl (C=O) groups excluding carboxylic acids is 1. The van der Waals surface area contributed by atoms with Gasteiger partial charge in [-0.3, -0.25) is 4.79 Å². The Hall–Kier alpha value is -1.42. The third-order valence-corrected chi connectivity index (χ3v) is 4.69. The fourth-order valence-electron chi connectivity index (χ4n) is 2.76. The van der Waals surface area contributed by atoms with Gasteiger partial charge in [0.1, 0.15) is 5.76 Å². The number of rotatable bonds is 5. The molecule has 1 aromatic carbocycles. The fraction of sp³-hybridized carbons (Fsp3) is 0.500. The van der Waals surface area contributed by atoms with E-state index in [0.717, 1.165) is 17.9 Å². The Kier molecular flexibility index (Phi) is 5.95. The molecule has 1 heterocycles. The molecule has 4 heteroatoms. The third kappa shape index (κ3) is 4.54. The van der Waals surface area contributed by atoms with Crippen LogP contribution in [0.15, 0.2) is 35.4 Å². The molecule has 0 saturated carbocycles. The molecule has 0 radical (unpaired) electrons. The molecular formula is C18H25NO2S. The van der Waals surface area contributed by atoms with Crippen molar-refractivity contribution in [3.05, 3.63) is 41.0 Å². The number of amides is 1. The van der Waals surface area contributed by atoms with Crippen LogP contribution < -0.4 is 5.32 Å². The van der Waals surface area contributed by atoms with Crippen LogP contribution in [0.25, 0.3) is 0 Å². The van der Waals surface area contributed by atoms with Crippen LogP contribution in [0.1, 0.15) is 45.6 Å². The number of ether oxygens (including phenoxy) is 1. The van der Waals surface area contributed by atoms with Gasteiger partial charge in [0, 0.05) is 16.8 Å². The van der Waals surface area contributed by atoms with Crippen molar-refractivity contribution >= 4 is 23.4 Å². The second-order valence-corrected chi connectivity index (χ2v) is 7.18. The average molecular weight is 319 g/mol. The molecule has 22 heavy (non-hydrogen) atoms. The standard InChI is InChI=1S/C18H25NO2S/c1-12(2)9-13(3)15-7-5-6-8-16(15)19-18(20)17-11-22-10-14(4)21-17/h5-8,10,12-13,17H,9,11H2,1-4H3,(H,19,20). The Labute approximate surface area is 137 Å². The predicted octanol–water partition coefficient (Wildman–Crippen LogP) is 4.77. The molecule has 1 aliphatic heterocycles. The minimum absolute atomic E-state index is 0.0656. The molecule has 0 fully saturated rings. The average Bonchev–Trinajstić information content (AvgIpc) is 2.47. The van der Waals surface area contributed by atoms with Gasteiger partial charge in [-0.25, -0.2) is 0 Å². The summed E-state index contributed by atoms with van der Waals surface area (Å²) in [5.41, 5.74) is 2.10. The number of nitrogens with one attached hydrogen (secondary N) is 1. The highest BCUT2D eigenvalue weighted by Gasteiger charge is 2.24. The molecule has 2 rings (SSSR count). The van der Waals surface area contributed by atoms with E-state index in [4.69, 9.17) is 4.74 Å². The quantitative estimate of drug-likeness (QED) is 0.849. The number of benzene rings is 1. The zero-order valence-electron chi connectivity index (χ0n) is 13.8. The maximum Gasteiger partial charge on any atom is 0.266 e. The third-order valence-electron chi connectivity index (χ3n) is 3.69. The van der Waals surface area contributed by atoms with Crippen LogP contribution in [0.2, 0.25) is 0 Å². The molecule has 2 atom stereocenters. The highest BCUT2D eigenvalue weighted by atomic mass is 32.2. The van der Waals surface area contributed by atoms with Crippen molar-refractivity contribution in [1.29, 1.82) is 0 Å². The number of anilines is 1. The van der Waals surface area contributed by atoms with Crippen LogP contribution in [0.5, 0.6) is 0 Å². The van der Waals surface area contributed by atoms with Crippen LogP contribution in [0, 0.1) is 5.92 Å². The highest BCUT2D eigenvalue weighted by molar-refractivity contribution is 8.02. The van der Waals surface area contributed by atoms with Gasteiger partial charge < -0.3 is 10.1 Å². The number of hydrogen-bond donors (Lipinski definition) is 1. The summed E-state index contributed by atoms with van der Waals surface area (Å²) in [6.07, 6.45) is 0.688. The van der Waals surface area contributed by atoms with Gasteiger partial charge in [-0.05, 0) is 36.8 Å². The summed E-state index contributed by atoms with van der Waals surface area (Å²) in [6.45, 7) is 8.54. The molecule has 2 unspecified atom stereocenters. The van der Waals surface area contributed by atoms with Crippen LogP contribution in [-0.2, 0) is 9.53 Å². The Morgan fingerprint density at radius 2 is 2.09 bits per heavy atom. The summed E-state index contributed by atoms with van der Waals surface area (Å²) >= 11 is 1.62. The lowest BCUT2D eigenvalue weighted by molar-refractivity contribution is -0.124. The summed E-state index contributed by atoms with van der Waals surface area (Å²) in [5.74, 6) is 2.44. The molecule has 120 valence electrons. The van der Waals surface area contributed by atoms with Gasteiger partial charge in [0.15, 0.2) is 6.10 Å². The first kappa shape index (κ1) is 16.9. The van der Waals surface area contributed by atoms with Crippen molar-refractivity contribution in [1.82, 2.24) is 0 Å². The van der Waals surface area contributed by atoms with Crippen LogP contribution in [-0.4, -0.2) is 17.8 Å². The van der Waals surface area contributed by atoms with Crippen molar-refractivity contribution in [2.24, 2.45) is 5.92 Å². The normalized spacial score (nSPS) is 19.3. The molecule has 1 aromatic rings. The van der Waals surface area contributed by atoms with E-state index in [0.29, 0.717) is 17.6 Å². The number of carbonyl (C=O) groups is 1. The van der Waals surface area contributed by atoms with Crippen molar-refractivity contribution in [2.75, 3.05) is 11.1 Å². The van der Waals surface area contributed by atoms with Crippen molar-refractivity contribution in [2.45, 2.75) is 46.1 Å². The van der Waals surface area contributed by atoms with Gasteiger partial charge in [0.2, 0.25) is 0 Å². The molecule has 1 amide bonds. The molecule has 0 aromatic heterocycles. The van der Waals surface area contributed by atoms with Gasteiger partial charge in [0.05, 0.1) is 0 Å². The summed E-state index contributed by atoms with van der Waals surface area (Å²) in [5, 5.41) is 5.00. The Morgan fingerprint density at radius 3 is 2.77 bits per heavy atom. The lowest BCUT2D eigenvalue weighted by Gasteiger charge is -2.23. The molecule has 3 nitrogen and oxygen atoms in total. The summed E-state index contributed by atoms with van der Waals surface area (Å²) in [4.78, 5) is 12.4. The van der Waals surface area contributed by atoms with Gasteiger partial charge in [-0.15, -0.1) is 11.8 Å². The van der Waals surface area contributed by atoms with E-state index in [1.165, 1.54) is 5.56 Å². The first-order valence-corrected chi connectivity index (χ1v) is 8.87. The number of thioether (sulfide) groups is 1. The second-order valence-electron chi connectivity index (χ2n) is 6.28. The molecule has 0 saturated heterocycles. The van der Waals surface area contributed by atoms with E-state index in [-0.39, 0.29) is 5.91 Å². The van der Waals surface area contributed by atoms with Gasteiger partial charge >= 0.3 is 0 Å². The van der Waals surface area contributed by atoms with E-state index in [9.17, 15) is 4.79 Å². The Balaban J connectivity index is 2.09. The smallest absolute Gasteiger partial charge is 0.266 e. The first-order valence-electron chi connectivity index (χ1n) is 7.82. The molecule has 1 N–H and O–H groups in total. The first-order chi connectivity index (χ1) is 10.5. The zero-order chi connectivity index (χ0) is 16.1. The molecule has 1 aliphatic rings. The molecule has 0 bridgehead atoms. The summed E-state index contributed by atoms with van der Waals surface area (Å²) < 4.78 is 5.61. The fourth-order valence-corrected chi connectivity index (χ4v) is 3.54. The van der Waals surface area contributed by atoms with Gasteiger partial charge in [-0.1, -0.05) is 39.0 Å². The van der Waals surface area contributed by atoms with Crippen LogP contribution in [0.3, 0.4) is 0 Å². The van der Waals surface area contributed by atoms with Crippen molar-refractivity contribution < 1.29 is 9.53 Å². The number of para-hydroxylation sites is 1. The lowest BCUT2D eigenvalue weighted by atomic mass is 9.91. The predicted molar refractivity (Wildman–Crippen MR) is 94.0 cm³/mol. The maximum absolute atomic E-state index is 12.4. The van der Waals surface area contributed by atoms with E-state index >= 15 is 0 Å². The monoisotopic (exact) mass is 319 g/mol. The zero-order valence-corrected chi connectivity index (χ0v) is 14.6. The van der Waals surface area contributed by atoms with E-state index in [1.807, 2.05) is 30.5 Å². The van der Waals surface area contributed by atoms with E-state index in [1.54, 1.807) is 11.8 Å². The van der Waals surface area contributed by atoms with Gasteiger partial charge in [-0.2, -0.15) is 0 Å². The van der Waals surface area contributed by atoms with Crippen molar-refractivity contribution in [3.63, 3.8) is 0 Å². The molecular weight excluding hydrogens is 294 g/mol. The van der Waals surface area contributed by atoms with Crippen LogP contribution in [0.4, 0.5) is 5.69 Å².